The zero-order valence-corrected chi connectivity index (χ0v) is 8.98. The fourth-order valence-corrected chi connectivity index (χ4v) is 1.29. The summed E-state index contributed by atoms with van der Waals surface area (Å²) in [5.74, 6) is -0.450. The zero-order chi connectivity index (χ0) is 11.8. The molecule has 0 heterocycles. The Balaban J connectivity index is 3.60. The Labute approximate surface area is 89.3 Å². The van der Waals surface area contributed by atoms with E-state index in [1.54, 1.807) is 0 Å². The number of nitrogens with two attached hydrogens (primary N) is 1. The van der Waals surface area contributed by atoms with Crippen LogP contribution >= 0.6 is 0 Å². The van der Waals surface area contributed by atoms with Crippen LogP contribution in [0.1, 0.15) is 32.6 Å². The van der Waals surface area contributed by atoms with Gasteiger partial charge >= 0.3 is 0 Å². The van der Waals surface area contributed by atoms with Crippen LogP contribution in [-0.4, -0.2) is 40.5 Å². The van der Waals surface area contributed by atoms with Crippen molar-refractivity contribution in [1.29, 1.82) is 0 Å². The predicted octanol–water partition coefficient (Wildman–Crippen LogP) is -0.615. The molecule has 0 bridgehead atoms. The van der Waals surface area contributed by atoms with Gasteiger partial charge in [-0.25, -0.2) is 0 Å². The van der Waals surface area contributed by atoms with Gasteiger partial charge < -0.3 is 15.9 Å². The van der Waals surface area contributed by atoms with Crippen LogP contribution in [0, 0.1) is 0 Å². The van der Waals surface area contributed by atoms with Gasteiger partial charge in [0.2, 0.25) is 0 Å². The molecule has 2 atom stereocenters. The number of carbonyl (C=O) groups is 2. The van der Waals surface area contributed by atoms with Crippen molar-refractivity contribution in [3.8, 4) is 0 Å². The Morgan fingerprint density at radius 2 is 1.93 bits per heavy atom. The van der Waals surface area contributed by atoms with Gasteiger partial charge in [-0.15, -0.1) is 0 Å². The molecule has 0 radical (unpaired) electrons. The summed E-state index contributed by atoms with van der Waals surface area (Å²) in [7, 11) is 0. The monoisotopic (exact) mass is 217 g/mol. The number of Topliss-reactive ketones (excluding diaryl/α,β-unsaturated/α-hetero) is 2. The molecule has 0 aliphatic rings. The average Bonchev–Trinajstić information content (AvgIpc) is 2.15. The topological polar surface area (TPSA) is 101 Å². The van der Waals surface area contributed by atoms with Gasteiger partial charge in [0.15, 0.2) is 5.78 Å². The quantitative estimate of drug-likeness (QED) is 0.503. The molecule has 5 nitrogen and oxygen atoms in total. The maximum Gasteiger partial charge on any atom is 0.174 e. The van der Waals surface area contributed by atoms with Crippen molar-refractivity contribution in [3.05, 3.63) is 0 Å². The maximum absolute atomic E-state index is 10.9. The molecule has 0 aliphatic carbocycles. The molecular formula is C10H19NO4. The van der Waals surface area contributed by atoms with Crippen LogP contribution in [0.25, 0.3) is 0 Å². The lowest BCUT2D eigenvalue weighted by Crippen LogP contribution is -2.32. The van der Waals surface area contributed by atoms with Crippen molar-refractivity contribution in [2.45, 2.75) is 44.8 Å². The van der Waals surface area contributed by atoms with Crippen molar-refractivity contribution >= 4 is 11.6 Å². The Morgan fingerprint density at radius 3 is 2.40 bits per heavy atom. The summed E-state index contributed by atoms with van der Waals surface area (Å²) in [5, 5.41) is 17.8. The molecule has 0 aromatic rings. The Morgan fingerprint density at radius 1 is 1.33 bits per heavy atom. The third kappa shape index (κ3) is 7.18. The second-order valence-electron chi connectivity index (χ2n) is 3.72. The predicted molar refractivity (Wildman–Crippen MR) is 55.2 cm³/mol. The van der Waals surface area contributed by atoms with Crippen LogP contribution in [0.2, 0.25) is 0 Å². The highest BCUT2D eigenvalue weighted by Gasteiger charge is 2.13. The highest BCUT2D eigenvalue weighted by atomic mass is 16.3. The molecule has 2 unspecified atom stereocenters. The average molecular weight is 217 g/mol. The smallest absolute Gasteiger partial charge is 0.174 e. The molecule has 0 aromatic heterocycles. The number of aliphatic hydroxyl groups excluding tert-OH is 2. The minimum absolute atomic E-state index is 0.0572. The van der Waals surface area contributed by atoms with E-state index in [1.807, 2.05) is 0 Å². The van der Waals surface area contributed by atoms with Gasteiger partial charge in [0.05, 0.1) is 12.1 Å². The van der Waals surface area contributed by atoms with Gasteiger partial charge in [-0.3, -0.25) is 9.59 Å². The van der Waals surface area contributed by atoms with E-state index in [1.165, 1.54) is 6.92 Å². The van der Waals surface area contributed by atoms with E-state index < -0.39 is 24.5 Å². The largest absolute Gasteiger partial charge is 0.393 e. The molecule has 88 valence electrons. The number of aliphatic hydroxyl groups is 2. The number of rotatable bonds is 8. The highest BCUT2D eigenvalue weighted by Crippen LogP contribution is 2.06. The molecule has 0 rings (SSSR count). The van der Waals surface area contributed by atoms with Crippen molar-refractivity contribution < 1.29 is 19.8 Å². The molecule has 0 saturated carbocycles. The summed E-state index contributed by atoms with van der Waals surface area (Å²) in [5.41, 5.74) is 5.46. The number of hydrogen-bond donors (Lipinski definition) is 3. The first kappa shape index (κ1) is 14.2. The Kier molecular flexibility index (Phi) is 7.11. The summed E-state index contributed by atoms with van der Waals surface area (Å²) in [6, 6.07) is -0.667. The van der Waals surface area contributed by atoms with Crippen molar-refractivity contribution in [2.75, 3.05) is 6.61 Å². The van der Waals surface area contributed by atoms with Gasteiger partial charge in [-0.2, -0.15) is 0 Å². The summed E-state index contributed by atoms with van der Waals surface area (Å²) in [6.45, 7) is 0.876. The standard InChI is InChI=1S/C10H19NO4/c1-7(13)5-8(14)3-2-4-9(11)10(15)6-12/h8-9,12,14H,2-6,11H2,1H3. The molecule has 0 amide bonds. The summed E-state index contributed by atoms with van der Waals surface area (Å²) < 4.78 is 0. The van der Waals surface area contributed by atoms with Gasteiger partial charge in [0.1, 0.15) is 12.4 Å². The third-order valence-corrected chi connectivity index (χ3v) is 2.14. The zero-order valence-electron chi connectivity index (χ0n) is 8.98. The van der Waals surface area contributed by atoms with Crippen molar-refractivity contribution in [1.82, 2.24) is 0 Å². The van der Waals surface area contributed by atoms with Gasteiger partial charge in [-0.05, 0) is 26.2 Å². The second kappa shape index (κ2) is 7.50. The van der Waals surface area contributed by atoms with E-state index in [2.05, 4.69) is 0 Å². The molecule has 0 saturated heterocycles. The van der Waals surface area contributed by atoms with E-state index in [9.17, 15) is 14.7 Å². The van der Waals surface area contributed by atoms with Crippen molar-refractivity contribution in [3.63, 3.8) is 0 Å². The lowest BCUT2D eigenvalue weighted by molar-refractivity contribution is -0.123. The Hall–Kier alpha value is -0.780. The molecule has 0 aliphatic heterocycles. The lowest BCUT2D eigenvalue weighted by atomic mass is 10.0. The molecule has 0 aromatic carbocycles. The fraction of sp³-hybridized carbons (Fsp3) is 0.800. The molecular weight excluding hydrogens is 198 g/mol. The first-order valence-corrected chi connectivity index (χ1v) is 5.04. The van der Waals surface area contributed by atoms with E-state index >= 15 is 0 Å². The normalized spacial score (nSPS) is 14.7. The fourth-order valence-electron chi connectivity index (χ4n) is 1.29. The van der Waals surface area contributed by atoms with E-state index in [0.717, 1.165) is 0 Å². The molecule has 5 heteroatoms. The van der Waals surface area contributed by atoms with Gasteiger partial charge in [0.25, 0.3) is 0 Å². The lowest BCUT2D eigenvalue weighted by Gasteiger charge is -2.11. The van der Waals surface area contributed by atoms with E-state index in [4.69, 9.17) is 10.8 Å². The van der Waals surface area contributed by atoms with E-state index in [-0.39, 0.29) is 12.2 Å². The van der Waals surface area contributed by atoms with Gasteiger partial charge in [-0.1, -0.05) is 0 Å². The second-order valence-corrected chi connectivity index (χ2v) is 3.72. The summed E-state index contributed by atoms with van der Waals surface area (Å²) in [6.07, 6.45) is 0.934. The van der Waals surface area contributed by atoms with Crippen molar-refractivity contribution in [2.24, 2.45) is 5.73 Å². The molecule has 15 heavy (non-hydrogen) atoms. The first-order chi connectivity index (χ1) is 6.97. The number of carbonyl (C=O) groups excluding carboxylic acids is 2. The van der Waals surface area contributed by atoms with Crippen LogP contribution in [0.4, 0.5) is 0 Å². The summed E-state index contributed by atoms with van der Waals surface area (Å²) >= 11 is 0. The van der Waals surface area contributed by atoms with Crippen LogP contribution in [0.3, 0.4) is 0 Å². The minimum atomic E-state index is -0.667. The minimum Gasteiger partial charge on any atom is -0.393 e. The van der Waals surface area contributed by atoms with Gasteiger partial charge in [0, 0.05) is 6.42 Å². The maximum atomic E-state index is 10.9. The van der Waals surface area contributed by atoms with Crippen LogP contribution in [-0.2, 0) is 9.59 Å². The van der Waals surface area contributed by atoms with Crippen LogP contribution in [0.15, 0.2) is 0 Å². The number of ketones is 2. The molecule has 4 N–H and O–H groups in total. The van der Waals surface area contributed by atoms with Crippen LogP contribution < -0.4 is 5.73 Å². The van der Waals surface area contributed by atoms with Crippen LogP contribution in [0.5, 0.6) is 0 Å². The SMILES string of the molecule is CC(=O)CC(O)CCCC(N)C(=O)CO. The first-order valence-electron chi connectivity index (χ1n) is 5.04. The molecule has 0 fully saturated rings. The number of hydrogen-bond acceptors (Lipinski definition) is 5. The molecule has 0 spiro atoms. The Bertz CT molecular complexity index is 217. The summed E-state index contributed by atoms with van der Waals surface area (Å²) in [4.78, 5) is 21.5. The van der Waals surface area contributed by atoms with E-state index in [0.29, 0.717) is 19.3 Å². The third-order valence-electron chi connectivity index (χ3n) is 2.14. The highest BCUT2D eigenvalue weighted by molar-refractivity contribution is 5.84.